The van der Waals surface area contributed by atoms with E-state index in [1.165, 1.54) is 0 Å². The van der Waals surface area contributed by atoms with Crippen molar-refractivity contribution in [2.75, 3.05) is 5.32 Å². The highest BCUT2D eigenvalue weighted by molar-refractivity contribution is 9.10. The molecule has 0 heterocycles. The molecular formula is C18H20BrNO. The first-order valence-corrected chi connectivity index (χ1v) is 7.75. The van der Waals surface area contributed by atoms with E-state index in [0.717, 1.165) is 26.9 Å². The van der Waals surface area contributed by atoms with E-state index in [0.29, 0.717) is 0 Å². The number of anilines is 1. The molecule has 21 heavy (non-hydrogen) atoms. The molecule has 0 atom stereocenters. The van der Waals surface area contributed by atoms with Crippen molar-refractivity contribution in [2.45, 2.75) is 27.7 Å². The van der Waals surface area contributed by atoms with Gasteiger partial charge in [-0.2, -0.15) is 0 Å². The fraction of sp³-hybridized carbons (Fsp3) is 0.278. The van der Waals surface area contributed by atoms with E-state index in [-0.39, 0.29) is 5.91 Å². The van der Waals surface area contributed by atoms with E-state index in [4.69, 9.17) is 0 Å². The molecule has 2 aromatic rings. The second-order valence-corrected chi connectivity index (χ2v) is 7.16. The monoisotopic (exact) mass is 345 g/mol. The molecule has 1 amide bonds. The van der Waals surface area contributed by atoms with Crippen LogP contribution in [0.1, 0.15) is 26.3 Å². The number of carbonyl (C=O) groups excluding carboxylic acids is 1. The summed E-state index contributed by atoms with van der Waals surface area (Å²) in [5.74, 6) is 0.0264. The maximum atomic E-state index is 12.2. The molecule has 0 aliphatic heterocycles. The van der Waals surface area contributed by atoms with Gasteiger partial charge in [0.25, 0.3) is 0 Å². The van der Waals surface area contributed by atoms with Gasteiger partial charge in [0.1, 0.15) is 0 Å². The summed E-state index contributed by atoms with van der Waals surface area (Å²) in [6.07, 6.45) is 0. The van der Waals surface area contributed by atoms with E-state index < -0.39 is 5.41 Å². The number of nitrogens with one attached hydrogen (secondary N) is 1. The Kier molecular flexibility index (Phi) is 4.52. The zero-order chi connectivity index (χ0) is 15.6. The third kappa shape index (κ3) is 3.94. The molecule has 1 N–H and O–H groups in total. The highest BCUT2D eigenvalue weighted by Gasteiger charge is 2.21. The van der Waals surface area contributed by atoms with Crippen molar-refractivity contribution >= 4 is 27.5 Å². The Balaban J connectivity index is 2.33. The van der Waals surface area contributed by atoms with Crippen molar-refractivity contribution in [2.24, 2.45) is 5.41 Å². The normalized spacial score (nSPS) is 11.3. The molecule has 0 spiro atoms. The van der Waals surface area contributed by atoms with Gasteiger partial charge >= 0.3 is 0 Å². The molecule has 0 saturated heterocycles. The van der Waals surface area contributed by atoms with Crippen molar-refractivity contribution in [3.8, 4) is 11.1 Å². The number of carbonyl (C=O) groups is 1. The van der Waals surface area contributed by atoms with Gasteiger partial charge in [-0.15, -0.1) is 0 Å². The van der Waals surface area contributed by atoms with Crippen LogP contribution < -0.4 is 5.32 Å². The van der Waals surface area contributed by atoms with E-state index >= 15 is 0 Å². The summed E-state index contributed by atoms with van der Waals surface area (Å²) in [5.41, 5.74) is 3.76. The van der Waals surface area contributed by atoms with Crippen molar-refractivity contribution in [3.63, 3.8) is 0 Å². The minimum atomic E-state index is -0.403. The molecule has 0 fully saturated rings. The summed E-state index contributed by atoms with van der Waals surface area (Å²) in [5, 5.41) is 3.02. The van der Waals surface area contributed by atoms with E-state index in [9.17, 15) is 4.79 Å². The summed E-state index contributed by atoms with van der Waals surface area (Å²) in [4.78, 5) is 12.2. The average molecular weight is 346 g/mol. The van der Waals surface area contributed by atoms with Crippen LogP contribution >= 0.6 is 15.9 Å². The number of hydrogen-bond donors (Lipinski definition) is 1. The number of halogens is 1. The van der Waals surface area contributed by atoms with Gasteiger partial charge < -0.3 is 5.32 Å². The van der Waals surface area contributed by atoms with Crippen molar-refractivity contribution in [1.29, 1.82) is 0 Å². The summed E-state index contributed by atoms with van der Waals surface area (Å²) in [7, 11) is 0. The van der Waals surface area contributed by atoms with Gasteiger partial charge in [-0.05, 0) is 41.8 Å². The van der Waals surface area contributed by atoms with Crippen molar-refractivity contribution in [3.05, 3.63) is 52.5 Å². The first kappa shape index (κ1) is 15.8. The van der Waals surface area contributed by atoms with Gasteiger partial charge in [-0.3, -0.25) is 4.79 Å². The lowest BCUT2D eigenvalue weighted by molar-refractivity contribution is -0.123. The van der Waals surface area contributed by atoms with E-state index in [2.05, 4.69) is 39.4 Å². The topological polar surface area (TPSA) is 29.1 Å². The van der Waals surface area contributed by atoms with Crippen LogP contribution in [0.25, 0.3) is 11.1 Å². The molecule has 0 aliphatic rings. The fourth-order valence-corrected chi connectivity index (χ4v) is 2.15. The zero-order valence-corrected chi connectivity index (χ0v) is 14.4. The first-order valence-electron chi connectivity index (χ1n) is 6.95. The SMILES string of the molecule is Cc1ccc(-c2ccc(Br)cc2)cc1NC(=O)C(C)(C)C. The molecule has 0 saturated carbocycles. The largest absolute Gasteiger partial charge is 0.325 e. The summed E-state index contributed by atoms with van der Waals surface area (Å²) in [6, 6.07) is 14.3. The quantitative estimate of drug-likeness (QED) is 0.774. The molecule has 0 bridgehead atoms. The van der Waals surface area contributed by atoms with Gasteiger partial charge in [0.2, 0.25) is 5.91 Å². The molecule has 0 aromatic heterocycles. The summed E-state index contributed by atoms with van der Waals surface area (Å²) < 4.78 is 1.06. The lowest BCUT2D eigenvalue weighted by Crippen LogP contribution is -2.27. The molecule has 110 valence electrons. The predicted molar refractivity (Wildman–Crippen MR) is 92.4 cm³/mol. The third-order valence-corrected chi connectivity index (χ3v) is 3.87. The molecule has 2 rings (SSSR count). The molecule has 0 radical (unpaired) electrons. The van der Waals surface area contributed by atoms with Crippen LogP contribution in [-0.4, -0.2) is 5.91 Å². The number of aryl methyl sites for hydroxylation is 1. The molecular weight excluding hydrogens is 326 g/mol. The average Bonchev–Trinajstić information content (AvgIpc) is 2.41. The van der Waals surface area contributed by atoms with Gasteiger partial charge in [0.05, 0.1) is 0 Å². The summed E-state index contributed by atoms with van der Waals surface area (Å²) >= 11 is 3.44. The Morgan fingerprint density at radius 2 is 1.57 bits per heavy atom. The van der Waals surface area contributed by atoms with Crippen LogP contribution in [0.3, 0.4) is 0 Å². The van der Waals surface area contributed by atoms with Crippen LogP contribution in [0.4, 0.5) is 5.69 Å². The standard InChI is InChI=1S/C18H20BrNO/c1-12-5-6-14(13-7-9-15(19)10-8-13)11-16(12)20-17(21)18(2,3)4/h5-11H,1-4H3,(H,20,21). The zero-order valence-electron chi connectivity index (χ0n) is 12.8. The Morgan fingerprint density at radius 1 is 1.00 bits per heavy atom. The minimum absolute atomic E-state index is 0.0264. The Hall–Kier alpha value is -1.61. The Morgan fingerprint density at radius 3 is 2.14 bits per heavy atom. The molecule has 0 aliphatic carbocycles. The van der Waals surface area contributed by atoms with Crippen LogP contribution in [0, 0.1) is 12.3 Å². The van der Waals surface area contributed by atoms with Gasteiger partial charge in [0, 0.05) is 15.6 Å². The smallest absolute Gasteiger partial charge is 0.229 e. The lowest BCUT2D eigenvalue weighted by atomic mass is 9.95. The second-order valence-electron chi connectivity index (χ2n) is 6.24. The van der Waals surface area contributed by atoms with Crippen LogP contribution in [-0.2, 0) is 4.79 Å². The van der Waals surface area contributed by atoms with E-state index in [1.807, 2.05) is 52.0 Å². The third-order valence-electron chi connectivity index (χ3n) is 3.34. The highest BCUT2D eigenvalue weighted by atomic mass is 79.9. The summed E-state index contributed by atoms with van der Waals surface area (Å²) in [6.45, 7) is 7.74. The Labute approximate surface area is 134 Å². The number of amides is 1. The fourth-order valence-electron chi connectivity index (χ4n) is 1.89. The Bertz CT molecular complexity index is 654. The van der Waals surface area contributed by atoms with Crippen molar-refractivity contribution in [1.82, 2.24) is 0 Å². The van der Waals surface area contributed by atoms with Gasteiger partial charge in [-0.25, -0.2) is 0 Å². The number of rotatable bonds is 2. The molecule has 3 heteroatoms. The van der Waals surface area contributed by atoms with E-state index in [1.54, 1.807) is 0 Å². The second kappa shape index (κ2) is 6.02. The maximum Gasteiger partial charge on any atom is 0.229 e. The predicted octanol–water partition coefficient (Wildman–Crippen LogP) is 5.41. The molecule has 2 aromatic carbocycles. The minimum Gasteiger partial charge on any atom is -0.325 e. The van der Waals surface area contributed by atoms with Gasteiger partial charge in [-0.1, -0.05) is 61.0 Å². The molecule has 0 unspecified atom stereocenters. The lowest BCUT2D eigenvalue weighted by Gasteiger charge is -2.19. The van der Waals surface area contributed by atoms with Gasteiger partial charge in [0.15, 0.2) is 0 Å². The van der Waals surface area contributed by atoms with Crippen LogP contribution in [0.2, 0.25) is 0 Å². The first-order chi connectivity index (χ1) is 9.77. The number of benzene rings is 2. The highest BCUT2D eigenvalue weighted by Crippen LogP contribution is 2.27. The van der Waals surface area contributed by atoms with Crippen LogP contribution in [0.15, 0.2) is 46.9 Å². The number of hydrogen-bond acceptors (Lipinski definition) is 1. The van der Waals surface area contributed by atoms with Crippen molar-refractivity contribution < 1.29 is 4.79 Å². The van der Waals surface area contributed by atoms with Crippen LogP contribution in [0.5, 0.6) is 0 Å². The maximum absolute atomic E-state index is 12.2. The molecule has 2 nitrogen and oxygen atoms in total.